The van der Waals surface area contributed by atoms with Crippen molar-refractivity contribution in [2.75, 3.05) is 6.61 Å². The van der Waals surface area contributed by atoms with Crippen LogP contribution < -0.4 is 0 Å². The van der Waals surface area contributed by atoms with Crippen LogP contribution in [0.25, 0.3) is 0 Å². The van der Waals surface area contributed by atoms with Crippen molar-refractivity contribution in [3.63, 3.8) is 0 Å². The van der Waals surface area contributed by atoms with E-state index in [1.807, 2.05) is 0 Å². The molecule has 1 aliphatic carbocycles. The SMILES string of the molecule is Cc1ccc2c(c1)C(O)(CCC1CCCO1)CC2. The van der Waals surface area contributed by atoms with Crippen LogP contribution >= 0.6 is 0 Å². The average Bonchev–Trinajstić information content (AvgIpc) is 2.97. The van der Waals surface area contributed by atoms with Crippen molar-refractivity contribution in [2.24, 2.45) is 0 Å². The summed E-state index contributed by atoms with van der Waals surface area (Å²) in [7, 11) is 0. The predicted molar refractivity (Wildman–Crippen MR) is 71.6 cm³/mol. The Bertz CT molecular complexity index is 435. The monoisotopic (exact) mass is 246 g/mol. The van der Waals surface area contributed by atoms with Crippen molar-refractivity contribution >= 4 is 0 Å². The van der Waals surface area contributed by atoms with Crippen LogP contribution in [0, 0.1) is 6.92 Å². The van der Waals surface area contributed by atoms with E-state index in [-0.39, 0.29) is 0 Å². The van der Waals surface area contributed by atoms with E-state index in [0.717, 1.165) is 38.7 Å². The van der Waals surface area contributed by atoms with Gasteiger partial charge < -0.3 is 9.84 Å². The third kappa shape index (κ3) is 2.19. The lowest BCUT2D eigenvalue weighted by molar-refractivity contribution is 0.00810. The molecular formula is C16H22O2. The molecule has 1 aliphatic heterocycles. The van der Waals surface area contributed by atoms with Crippen LogP contribution in [0.1, 0.15) is 48.8 Å². The number of aryl methyl sites for hydroxylation is 2. The number of rotatable bonds is 3. The molecule has 1 fully saturated rings. The highest BCUT2D eigenvalue weighted by Crippen LogP contribution is 2.41. The minimum atomic E-state index is -0.604. The van der Waals surface area contributed by atoms with Gasteiger partial charge in [-0.1, -0.05) is 23.8 Å². The molecule has 2 unspecified atom stereocenters. The molecule has 1 heterocycles. The highest BCUT2D eigenvalue weighted by atomic mass is 16.5. The summed E-state index contributed by atoms with van der Waals surface area (Å²) in [5, 5.41) is 10.9. The van der Waals surface area contributed by atoms with Crippen molar-refractivity contribution < 1.29 is 9.84 Å². The van der Waals surface area contributed by atoms with Crippen LogP contribution in [0.2, 0.25) is 0 Å². The van der Waals surface area contributed by atoms with Gasteiger partial charge in [0.05, 0.1) is 11.7 Å². The number of aliphatic hydroxyl groups is 1. The molecule has 2 aliphatic rings. The molecular weight excluding hydrogens is 224 g/mol. The molecule has 1 saturated heterocycles. The molecule has 18 heavy (non-hydrogen) atoms. The van der Waals surface area contributed by atoms with Gasteiger partial charge in [-0.25, -0.2) is 0 Å². The number of ether oxygens (including phenoxy) is 1. The van der Waals surface area contributed by atoms with Crippen molar-refractivity contribution in [2.45, 2.75) is 57.2 Å². The van der Waals surface area contributed by atoms with Gasteiger partial charge in [0.15, 0.2) is 0 Å². The number of hydrogen-bond acceptors (Lipinski definition) is 2. The maximum absolute atomic E-state index is 10.9. The Kier molecular flexibility index (Phi) is 3.16. The van der Waals surface area contributed by atoms with Crippen LogP contribution in [0.3, 0.4) is 0 Å². The highest BCUT2D eigenvalue weighted by Gasteiger charge is 2.37. The Hall–Kier alpha value is -0.860. The quantitative estimate of drug-likeness (QED) is 0.888. The molecule has 3 rings (SSSR count). The first-order valence-electron chi connectivity index (χ1n) is 7.11. The Morgan fingerprint density at radius 1 is 1.44 bits per heavy atom. The van der Waals surface area contributed by atoms with Crippen molar-refractivity contribution in [1.29, 1.82) is 0 Å². The molecule has 1 N–H and O–H groups in total. The Morgan fingerprint density at radius 2 is 2.33 bits per heavy atom. The van der Waals surface area contributed by atoms with Crippen LogP contribution in [-0.2, 0) is 16.8 Å². The Labute approximate surface area is 109 Å². The molecule has 1 aromatic carbocycles. The van der Waals surface area contributed by atoms with E-state index >= 15 is 0 Å². The summed E-state index contributed by atoms with van der Waals surface area (Å²) in [6.45, 7) is 3.00. The lowest BCUT2D eigenvalue weighted by Gasteiger charge is -2.25. The van der Waals surface area contributed by atoms with Gasteiger partial charge in [-0.05, 0) is 56.6 Å². The third-order valence-corrected chi connectivity index (χ3v) is 4.48. The molecule has 0 amide bonds. The van der Waals surface area contributed by atoms with Gasteiger partial charge in [-0.15, -0.1) is 0 Å². The van der Waals surface area contributed by atoms with Gasteiger partial charge in [0.1, 0.15) is 0 Å². The Balaban J connectivity index is 1.74. The minimum absolute atomic E-state index is 0.378. The van der Waals surface area contributed by atoms with Crippen LogP contribution in [0.5, 0.6) is 0 Å². The molecule has 0 bridgehead atoms. The van der Waals surface area contributed by atoms with Gasteiger partial charge in [0, 0.05) is 6.61 Å². The van der Waals surface area contributed by atoms with Crippen LogP contribution in [0.15, 0.2) is 18.2 Å². The van der Waals surface area contributed by atoms with Crippen LogP contribution in [-0.4, -0.2) is 17.8 Å². The predicted octanol–water partition coefficient (Wildman–Crippen LogP) is 3.09. The van der Waals surface area contributed by atoms with E-state index in [9.17, 15) is 5.11 Å². The molecule has 1 aromatic rings. The summed E-state index contributed by atoms with van der Waals surface area (Å²) in [6, 6.07) is 6.48. The maximum atomic E-state index is 10.9. The van der Waals surface area contributed by atoms with Gasteiger partial charge >= 0.3 is 0 Å². The standard InChI is InChI=1S/C16H22O2/c1-12-4-5-13-6-8-16(17,15(13)11-12)9-7-14-3-2-10-18-14/h4-5,11,14,17H,2-3,6-10H2,1H3. The van der Waals surface area contributed by atoms with E-state index in [0.29, 0.717) is 6.10 Å². The van der Waals surface area contributed by atoms with E-state index in [1.54, 1.807) is 0 Å². The fourth-order valence-electron chi connectivity index (χ4n) is 3.35. The zero-order chi connectivity index (χ0) is 12.6. The summed E-state index contributed by atoms with van der Waals surface area (Å²) in [4.78, 5) is 0. The first-order valence-corrected chi connectivity index (χ1v) is 7.11. The molecule has 0 aromatic heterocycles. The van der Waals surface area contributed by atoms with Crippen molar-refractivity contribution in [3.05, 3.63) is 34.9 Å². The van der Waals surface area contributed by atoms with Gasteiger partial charge in [-0.3, -0.25) is 0 Å². The Morgan fingerprint density at radius 3 is 3.11 bits per heavy atom. The van der Waals surface area contributed by atoms with Gasteiger partial charge in [0.25, 0.3) is 0 Å². The fourth-order valence-corrected chi connectivity index (χ4v) is 3.35. The van der Waals surface area contributed by atoms with Crippen molar-refractivity contribution in [3.8, 4) is 0 Å². The van der Waals surface area contributed by atoms with Crippen molar-refractivity contribution in [1.82, 2.24) is 0 Å². The lowest BCUT2D eigenvalue weighted by atomic mass is 9.88. The molecule has 0 radical (unpaired) electrons. The van der Waals surface area contributed by atoms with E-state index in [4.69, 9.17) is 4.74 Å². The van der Waals surface area contributed by atoms with Crippen LogP contribution in [0.4, 0.5) is 0 Å². The first kappa shape index (κ1) is 12.2. The number of fused-ring (bicyclic) bond motifs is 1. The van der Waals surface area contributed by atoms with E-state index < -0.39 is 5.60 Å². The molecule has 2 heteroatoms. The van der Waals surface area contributed by atoms with E-state index in [2.05, 4.69) is 25.1 Å². The minimum Gasteiger partial charge on any atom is -0.385 e. The molecule has 2 nitrogen and oxygen atoms in total. The highest BCUT2D eigenvalue weighted by molar-refractivity contribution is 5.39. The number of hydrogen-bond donors (Lipinski definition) is 1. The van der Waals surface area contributed by atoms with Gasteiger partial charge in [-0.2, -0.15) is 0 Å². The second kappa shape index (κ2) is 4.67. The third-order valence-electron chi connectivity index (χ3n) is 4.48. The van der Waals surface area contributed by atoms with E-state index in [1.165, 1.54) is 23.1 Å². The lowest BCUT2D eigenvalue weighted by Crippen LogP contribution is -2.24. The first-order chi connectivity index (χ1) is 8.67. The normalized spacial score (nSPS) is 30.7. The summed E-state index contributed by atoms with van der Waals surface area (Å²) in [5.41, 5.74) is 3.13. The second-order valence-corrected chi connectivity index (χ2v) is 5.87. The maximum Gasteiger partial charge on any atom is 0.0903 e. The fraction of sp³-hybridized carbons (Fsp3) is 0.625. The number of benzene rings is 1. The molecule has 0 spiro atoms. The largest absolute Gasteiger partial charge is 0.385 e. The molecule has 2 atom stereocenters. The summed E-state index contributed by atoms with van der Waals surface area (Å²) in [6.07, 6.45) is 6.44. The average molecular weight is 246 g/mol. The molecule has 0 saturated carbocycles. The zero-order valence-electron chi connectivity index (χ0n) is 11.1. The summed E-state index contributed by atoms with van der Waals surface area (Å²) < 4.78 is 5.66. The summed E-state index contributed by atoms with van der Waals surface area (Å²) in [5.74, 6) is 0. The zero-order valence-corrected chi connectivity index (χ0v) is 11.1. The molecule has 98 valence electrons. The smallest absolute Gasteiger partial charge is 0.0903 e. The topological polar surface area (TPSA) is 29.5 Å². The van der Waals surface area contributed by atoms with Gasteiger partial charge in [0.2, 0.25) is 0 Å². The summed E-state index contributed by atoms with van der Waals surface area (Å²) >= 11 is 0. The second-order valence-electron chi connectivity index (χ2n) is 5.87.